The second-order valence-electron chi connectivity index (χ2n) is 6.69. The molecule has 0 saturated carbocycles. The van der Waals surface area contributed by atoms with E-state index in [1.807, 2.05) is 4.90 Å². The summed E-state index contributed by atoms with van der Waals surface area (Å²) in [6.07, 6.45) is 2.49. The third-order valence-corrected chi connectivity index (χ3v) is 4.90. The molecule has 8 nitrogen and oxygen atoms in total. The summed E-state index contributed by atoms with van der Waals surface area (Å²) in [7, 11) is 1.67. The number of hydrogen-bond acceptors (Lipinski definition) is 7. The van der Waals surface area contributed by atoms with Crippen molar-refractivity contribution in [2.75, 3.05) is 26.8 Å². The minimum absolute atomic E-state index is 0.0574. The van der Waals surface area contributed by atoms with E-state index in [2.05, 4.69) is 15.3 Å². The van der Waals surface area contributed by atoms with E-state index in [0.29, 0.717) is 48.4 Å². The fraction of sp³-hybridized carbons (Fsp3) is 0.647. The van der Waals surface area contributed by atoms with Crippen LogP contribution in [0.4, 0.5) is 0 Å². The molecule has 1 aliphatic rings. The average molecular weight is 348 g/mol. The van der Waals surface area contributed by atoms with Crippen molar-refractivity contribution in [1.82, 2.24) is 20.2 Å². The van der Waals surface area contributed by atoms with Crippen LogP contribution in [0.5, 0.6) is 0 Å². The first-order chi connectivity index (χ1) is 12.0. The third kappa shape index (κ3) is 3.30. The van der Waals surface area contributed by atoms with Crippen molar-refractivity contribution in [1.29, 1.82) is 0 Å². The SMILES string of the molecule is COCCC1(c2noc(C)n2)CCCN(C(=O)c2c(C)noc2C)C1. The molecule has 2 aromatic rings. The molecule has 1 saturated heterocycles. The molecule has 1 amide bonds. The van der Waals surface area contributed by atoms with Gasteiger partial charge in [0.2, 0.25) is 5.89 Å². The predicted octanol–water partition coefficient (Wildman–Crippen LogP) is 2.19. The van der Waals surface area contributed by atoms with Crippen molar-refractivity contribution in [2.45, 2.75) is 45.4 Å². The van der Waals surface area contributed by atoms with Crippen LogP contribution in [0.1, 0.15) is 52.8 Å². The van der Waals surface area contributed by atoms with E-state index < -0.39 is 0 Å². The van der Waals surface area contributed by atoms with Crippen molar-refractivity contribution in [3.05, 3.63) is 28.7 Å². The van der Waals surface area contributed by atoms with E-state index in [9.17, 15) is 4.79 Å². The zero-order valence-corrected chi connectivity index (χ0v) is 15.2. The smallest absolute Gasteiger partial charge is 0.259 e. The molecule has 1 aliphatic heterocycles. The number of aromatic nitrogens is 3. The molecule has 0 bridgehead atoms. The molecule has 0 spiro atoms. The minimum atomic E-state index is -0.360. The first kappa shape index (κ1) is 17.6. The van der Waals surface area contributed by atoms with Gasteiger partial charge in [-0.25, -0.2) is 0 Å². The molecule has 0 radical (unpaired) electrons. The van der Waals surface area contributed by atoms with Crippen LogP contribution in [0, 0.1) is 20.8 Å². The molecule has 136 valence electrons. The van der Waals surface area contributed by atoms with E-state index in [4.69, 9.17) is 13.8 Å². The molecule has 25 heavy (non-hydrogen) atoms. The molecule has 2 aromatic heterocycles. The van der Waals surface area contributed by atoms with E-state index in [0.717, 1.165) is 19.3 Å². The second kappa shape index (κ2) is 6.95. The van der Waals surface area contributed by atoms with Gasteiger partial charge in [-0.3, -0.25) is 4.79 Å². The summed E-state index contributed by atoms with van der Waals surface area (Å²) in [6, 6.07) is 0. The summed E-state index contributed by atoms with van der Waals surface area (Å²) < 4.78 is 15.6. The Morgan fingerprint density at radius 1 is 1.28 bits per heavy atom. The Bertz CT molecular complexity index is 734. The summed E-state index contributed by atoms with van der Waals surface area (Å²) in [4.78, 5) is 19.3. The van der Waals surface area contributed by atoms with Crippen LogP contribution in [0.3, 0.4) is 0 Å². The Balaban J connectivity index is 1.89. The number of methoxy groups -OCH3 is 1. The van der Waals surface area contributed by atoms with E-state index in [-0.39, 0.29) is 11.3 Å². The van der Waals surface area contributed by atoms with Gasteiger partial charge in [-0.05, 0) is 33.1 Å². The number of nitrogens with zero attached hydrogens (tertiary/aromatic N) is 4. The molecular weight excluding hydrogens is 324 g/mol. The number of ether oxygens (including phenoxy) is 1. The summed E-state index contributed by atoms with van der Waals surface area (Å²) in [6.45, 7) is 7.11. The average Bonchev–Trinajstić information content (AvgIpc) is 3.19. The molecule has 0 aromatic carbocycles. The van der Waals surface area contributed by atoms with Gasteiger partial charge in [-0.15, -0.1) is 0 Å². The van der Waals surface area contributed by atoms with Crippen molar-refractivity contribution in [3.8, 4) is 0 Å². The molecular formula is C17H24N4O4. The van der Waals surface area contributed by atoms with Crippen LogP contribution in [-0.2, 0) is 10.2 Å². The Morgan fingerprint density at radius 2 is 2.08 bits per heavy atom. The standard InChI is InChI=1S/C17H24N4O4/c1-11-14(12(2)24-19-11)15(22)21-8-5-6-17(10-21,7-9-23-4)16-18-13(3)25-20-16/h5-10H2,1-4H3. The monoisotopic (exact) mass is 348 g/mol. The largest absolute Gasteiger partial charge is 0.385 e. The Morgan fingerprint density at radius 3 is 2.68 bits per heavy atom. The quantitative estimate of drug-likeness (QED) is 0.817. The zero-order chi connectivity index (χ0) is 18.0. The fourth-order valence-corrected chi connectivity index (χ4v) is 3.56. The maximum absolute atomic E-state index is 13.0. The first-order valence-corrected chi connectivity index (χ1v) is 8.49. The number of piperidine rings is 1. The van der Waals surface area contributed by atoms with Gasteiger partial charge in [-0.1, -0.05) is 10.3 Å². The van der Waals surface area contributed by atoms with Crippen molar-refractivity contribution < 1.29 is 18.6 Å². The number of likely N-dealkylation sites (tertiary alicyclic amines) is 1. The van der Waals surface area contributed by atoms with Gasteiger partial charge in [0.1, 0.15) is 11.3 Å². The summed E-state index contributed by atoms with van der Waals surface area (Å²) >= 11 is 0. The Labute approximate surface area is 146 Å². The van der Waals surface area contributed by atoms with Gasteiger partial charge in [0.25, 0.3) is 5.91 Å². The van der Waals surface area contributed by atoms with Gasteiger partial charge < -0.3 is 18.7 Å². The number of amides is 1. The number of carbonyl (C=O) groups excluding carboxylic acids is 1. The van der Waals surface area contributed by atoms with Gasteiger partial charge in [0, 0.05) is 33.7 Å². The van der Waals surface area contributed by atoms with Gasteiger partial charge in [-0.2, -0.15) is 4.98 Å². The number of carbonyl (C=O) groups is 1. The number of rotatable bonds is 5. The van der Waals surface area contributed by atoms with Crippen LogP contribution in [0.25, 0.3) is 0 Å². The van der Waals surface area contributed by atoms with Crippen molar-refractivity contribution in [3.63, 3.8) is 0 Å². The lowest BCUT2D eigenvalue weighted by molar-refractivity contribution is 0.0564. The highest BCUT2D eigenvalue weighted by molar-refractivity contribution is 5.96. The maximum atomic E-state index is 13.0. The number of hydrogen-bond donors (Lipinski definition) is 0. The lowest BCUT2D eigenvalue weighted by atomic mass is 9.76. The van der Waals surface area contributed by atoms with Gasteiger partial charge in [0.15, 0.2) is 5.82 Å². The highest BCUT2D eigenvalue weighted by Gasteiger charge is 2.42. The van der Waals surface area contributed by atoms with E-state index >= 15 is 0 Å². The van der Waals surface area contributed by atoms with Crippen LogP contribution in [-0.4, -0.2) is 52.9 Å². The molecule has 1 unspecified atom stereocenters. The molecule has 8 heteroatoms. The predicted molar refractivity (Wildman–Crippen MR) is 88.3 cm³/mol. The van der Waals surface area contributed by atoms with Crippen molar-refractivity contribution in [2.24, 2.45) is 0 Å². The number of aryl methyl sites for hydroxylation is 3. The lowest BCUT2D eigenvalue weighted by Gasteiger charge is -2.40. The van der Waals surface area contributed by atoms with Crippen LogP contribution in [0.15, 0.2) is 9.05 Å². The normalized spacial score (nSPS) is 20.9. The highest BCUT2D eigenvalue weighted by atomic mass is 16.5. The molecule has 0 N–H and O–H groups in total. The third-order valence-electron chi connectivity index (χ3n) is 4.90. The molecule has 1 atom stereocenters. The topological polar surface area (TPSA) is 94.5 Å². The Hall–Kier alpha value is -2.22. The summed E-state index contributed by atoms with van der Waals surface area (Å²) in [5.41, 5.74) is 0.804. The van der Waals surface area contributed by atoms with Crippen LogP contribution >= 0.6 is 0 Å². The van der Waals surface area contributed by atoms with Gasteiger partial charge in [0.05, 0.1) is 11.1 Å². The highest BCUT2D eigenvalue weighted by Crippen LogP contribution is 2.36. The molecule has 3 rings (SSSR count). The summed E-state index contributed by atoms with van der Waals surface area (Å²) in [5.74, 6) is 1.67. The maximum Gasteiger partial charge on any atom is 0.259 e. The Kier molecular flexibility index (Phi) is 4.89. The molecule has 1 fully saturated rings. The van der Waals surface area contributed by atoms with E-state index in [1.54, 1.807) is 27.9 Å². The molecule has 0 aliphatic carbocycles. The second-order valence-corrected chi connectivity index (χ2v) is 6.69. The van der Waals surface area contributed by atoms with Crippen molar-refractivity contribution >= 4 is 5.91 Å². The molecule has 3 heterocycles. The lowest BCUT2D eigenvalue weighted by Crippen LogP contribution is -2.49. The van der Waals surface area contributed by atoms with Crippen LogP contribution < -0.4 is 0 Å². The first-order valence-electron chi connectivity index (χ1n) is 8.49. The summed E-state index contributed by atoms with van der Waals surface area (Å²) in [5, 5.41) is 8.04. The van der Waals surface area contributed by atoms with E-state index in [1.165, 1.54) is 0 Å². The van der Waals surface area contributed by atoms with Crippen LogP contribution in [0.2, 0.25) is 0 Å². The minimum Gasteiger partial charge on any atom is -0.385 e. The fourth-order valence-electron chi connectivity index (χ4n) is 3.56. The zero-order valence-electron chi connectivity index (χ0n) is 15.2. The van der Waals surface area contributed by atoms with Gasteiger partial charge >= 0.3 is 0 Å².